The molecular weight excluding hydrogens is 173 g/mol. The zero-order chi connectivity index (χ0) is 9.40. The first-order chi connectivity index (χ1) is 5.72. The van der Waals surface area contributed by atoms with E-state index in [1.165, 1.54) is 0 Å². The van der Waals surface area contributed by atoms with Crippen molar-refractivity contribution in [1.82, 2.24) is 4.67 Å². The molecule has 0 atom stereocenters. The van der Waals surface area contributed by atoms with E-state index in [2.05, 4.69) is 13.8 Å². The number of hydrogen-bond acceptors (Lipinski definition) is 3. The fourth-order valence-electron chi connectivity index (χ4n) is 0.607. The predicted molar refractivity (Wildman–Crippen MR) is 53.1 cm³/mol. The van der Waals surface area contributed by atoms with Crippen LogP contribution in [0.4, 0.5) is 0 Å². The molecule has 4 heteroatoms. The lowest BCUT2D eigenvalue weighted by molar-refractivity contribution is 0.220. The zero-order valence-corrected chi connectivity index (χ0v) is 9.43. The third-order valence-corrected chi connectivity index (χ3v) is 2.60. The molecule has 0 aromatic rings. The van der Waals surface area contributed by atoms with E-state index in [1.54, 1.807) is 0 Å². The Bertz CT molecular complexity index is 93.1. The summed E-state index contributed by atoms with van der Waals surface area (Å²) in [4.78, 5) is 0. The van der Waals surface area contributed by atoms with E-state index in [1.807, 2.05) is 18.8 Å². The molecule has 0 radical (unpaired) electrons. The van der Waals surface area contributed by atoms with Gasteiger partial charge in [0.05, 0.1) is 13.2 Å². The van der Waals surface area contributed by atoms with Gasteiger partial charge in [-0.15, -0.1) is 0 Å². The highest BCUT2D eigenvalue weighted by atomic mass is 31.2. The molecule has 0 saturated heterocycles. The van der Waals surface area contributed by atoms with Crippen LogP contribution in [-0.2, 0) is 9.05 Å². The molecule has 12 heavy (non-hydrogen) atoms. The van der Waals surface area contributed by atoms with Crippen molar-refractivity contribution >= 4 is 8.53 Å². The maximum absolute atomic E-state index is 5.52. The van der Waals surface area contributed by atoms with Crippen LogP contribution in [0.1, 0.15) is 26.7 Å². The first-order valence-corrected chi connectivity index (χ1v) is 5.58. The summed E-state index contributed by atoms with van der Waals surface area (Å²) in [5, 5.41) is 0. The molecule has 0 aromatic heterocycles. The molecule has 0 N–H and O–H groups in total. The molecule has 0 saturated carbocycles. The van der Waals surface area contributed by atoms with Gasteiger partial charge in [-0.05, 0) is 26.9 Å². The summed E-state index contributed by atoms with van der Waals surface area (Å²) in [5.41, 5.74) is 0. The van der Waals surface area contributed by atoms with Crippen LogP contribution in [0.3, 0.4) is 0 Å². The van der Waals surface area contributed by atoms with Crippen molar-refractivity contribution in [2.24, 2.45) is 0 Å². The van der Waals surface area contributed by atoms with Crippen molar-refractivity contribution in [2.75, 3.05) is 27.3 Å². The Balaban J connectivity index is 3.55. The zero-order valence-electron chi connectivity index (χ0n) is 8.54. The van der Waals surface area contributed by atoms with Crippen molar-refractivity contribution in [2.45, 2.75) is 26.7 Å². The summed E-state index contributed by atoms with van der Waals surface area (Å²) in [6.07, 6.45) is 2.09. The second-order valence-corrected chi connectivity index (χ2v) is 4.54. The summed E-state index contributed by atoms with van der Waals surface area (Å²) >= 11 is 0. The summed E-state index contributed by atoms with van der Waals surface area (Å²) < 4.78 is 13.0. The molecule has 0 bridgehead atoms. The number of nitrogens with zero attached hydrogens (tertiary/aromatic N) is 1. The van der Waals surface area contributed by atoms with Gasteiger partial charge in [-0.25, -0.2) is 4.67 Å². The van der Waals surface area contributed by atoms with E-state index < -0.39 is 8.53 Å². The van der Waals surface area contributed by atoms with Gasteiger partial charge in [0.2, 0.25) is 0 Å². The molecule has 0 spiro atoms. The third kappa shape index (κ3) is 5.90. The van der Waals surface area contributed by atoms with Crippen LogP contribution in [0.5, 0.6) is 0 Å². The average molecular weight is 193 g/mol. The monoisotopic (exact) mass is 193 g/mol. The Morgan fingerprint density at radius 2 is 1.42 bits per heavy atom. The molecule has 0 aliphatic carbocycles. The Kier molecular flexibility index (Phi) is 8.14. The lowest BCUT2D eigenvalue weighted by atomic mass is 10.5. The van der Waals surface area contributed by atoms with E-state index in [-0.39, 0.29) is 0 Å². The predicted octanol–water partition coefficient (Wildman–Crippen LogP) is 2.63. The van der Waals surface area contributed by atoms with Crippen molar-refractivity contribution in [3.8, 4) is 0 Å². The Labute approximate surface area is 77.0 Å². The van der Waals surface area contributed by atoms with Gasteiger partial charge in [0.1, 0.15) is 0 Å². The summed E-state index contributed by atoms with van der Waals surface area (Å²) in [6, 6.07) is 0. The third-order valence-electron chi connectivity index (χ3n) is 1.14. The molecule has 3 nitrogen and oxygen atoms in total. The normalized spacial score (nSPS) is 11.5. The highest BCUT2D eigenvalue weighted by Gasteiger charge is 2.12. The van der Waals surface area contributed by atoms with Crippen molar-refractivity contribution < 1.29 is 9.05 Å². The van der Waals surface area contributed by atoms with Gasteiger partial charge in [0.25, 0.3) is 8.53 Å². The Morgan fingerprint density at radius 3 is 1.67 bits per heavy atom. The van der Waals surface area contributed by atoms with Gasteiger partial charge in [-0.1, -0.05) is 13.8 Å². The molecule has 0 aliphatic heterocycles. The van der Waals surface area contributed by atoms with Gasteiger partial charge >= 0.3 is 0 Å². The quantitative estimate of drug-likeness (QED) is 0.580. The van der Waals surface area contributed by atoms with Crippen molar-refractivity contribution in [1.29, 1.82) is 0 Å². The molecule has 0 amide bonds. The maximum Gasteiger partial charge on any atom is 0.258 e. The van der Waals surface area contributed by atoms with Gasteiger partial charge in [0.15, 0.2) is 0 Å². The first kappa shape index (κ1) is 12.3. The molecule has 0 aromatic carbocycles. The molecule has 0 fully saturated rings. The SMILES string of the molecule is CCCOP(OCCC)N(C)C. The molecule has 0 unspecified atom stereocenters. The van der Waals surface area contributed by atoms with Crippen LogP contribution < -0.4 is 0 Å². The van der Waals surface area contributed by atoms with Crippen LogP contribution in [0, 0.1) is 0 Å². The van der Waals surface area contributed by atoms with Crippen LogP contribution in [-0.4, -0.2) is 32.0 Å². The summed E-state index contributed by atoms with van der Waals surface area (Å²) in [6.45, 7) is 5.77. The molecule has 0 rings (SSSR count). The second kappa shape index (κ2) is 7.93. The topological polar surface area (TPSA) is 21.7 Å². The standard InChI is InChI=1S/C8H20NO2P/c1-5-7-10-12(9(3)4)11-8-6-2/h5-8H2,1-4H3. The van der Waals surface area contributed by atoms with Gasteiger partial charge in [0, 0.05) is 0 Å². The fraction of sp³-hybridized carbons (Fsp3) is 1.00. The minimum absolute atomic E-state index is 0.785. The largest absolute Gasteiger partial charge is 0.322 e. The minimum atomic E-state index is -0.798. The summed E-state index contributed by atoms with van der Waals surface area (Å²) in [5.74, 6) is 0. The van der Waals surface area contributed by atoms with E-state index in [0.717, 1.165) is 26.1 Å². The van der Waals surface area contributed by atoms with E-state index >= 15 is 0 Å². The highest BCUT2D eigenvalue weighted by molar-refractivity contribution is 7.44. The molecule has 74 valence electrons. The van der Waals surface area contributed by atoms with Gasteiger partial charge in [-0.2, -0.15) is 0 Å². The van der Waals surface area contributed by atoms with E-state index in [4.69, 9.17) is 9.05 Å². The average Bonchev–Trinajstić information content (AvgIpc) is 2.04. The maximum atomic E-state index is 5.52. The number of rotatable bonds is 7. The fourth-order valence-corrected chi connectivity index (χ4v) is 1.82. The second-order valence-electron chi connectivity index (χ2n) is 2.75. The Hall–Kier alpha value is 0.310. The molecule has 0 aliphatic rings. The number of hydrogen-bond donors (Lipinski definition) is 0. The highest BCUT2D eigenvalue weighted by Crippen LogP contribution is 2.40. The van der Waals surface area contributed by atoms with Crippen molar-refractivity contribution in [3.05, 3.63) is 0 Å². The first-order valence-electron chi connectivity index (χ1n) is 4.45. The van der Waals surface area contributed by atoms with Crippen LogP contribution >= 0.6 is 8.53 Å². The smallest absolute Gasteiger partial charge is 0.258 e. The van der Waals surface area contributed by atoms with E-state index in [9.17, 15) is 0 Å². The van der Waals surface area contributed by atoms with Gasteiger partial charge < -0.3 is 9.05 Å². The van der Waals surface area contributed by atoms with Crippen LogP contribution in [0.2, 0.25) is 0 Å². The lowest BCUT2D eigenvalue weighted by Gasteiger charge is -2.21. The van der Waals surface area contributed by atoms with Crippen LogP contribution in [0.25, 0.3) is 0 Å². The van der Waals surface area contributed by atoms with E-state index in [0.29, 0.717) is 0 Å². The molecular formula is C8H20NO2P. The Morgan fingerprint density at radius 1 is 1.00 bits per heavy atom. The van der Waals surface area contributed by atoms with Gasteiger partial charge in [-0.3, -0.25) is 0 Å². The molecule has 0 heterocycles. The lowest BCUT2D eigenvalue weighted by Crippen LogP contribution is -2.09. The minimum Gasteiger partial charge on any atom is -0.322 e. The van der Waals surface area contributed by atoms with Crippen LogP contribution in [0.15, 0.2) is 0 Å². The van der Waals surface area contributed by atoms with Crippen molar-refractivity contribution in [3.63, 3.8) is 0 Å². The summed E-state index contributed by atoms with van der Waals surface area (Å²) in [7, 11) is 3.17.